The first-order valence-corrected chi connectivity index (χ1v) is 8.96. The molecular formula is C36H4-2. The van der Waals surface area contributed by atoms with Crippen molar-refractivity contribution in [2.75, 3.05) is 0 Å². The number of hydrogen-bond donors (Lipinski definition) is 0. The van der Waals surface area contributed by atoms with Crippen LogP contribution in [0.5, 0.6) is 0 Å². The lowest BCUT2D eigenvalue weighted by Gasteiger charge is -1.64. The maximum absolute atomic E-state index is 3.31. The summed E-state index contributed by atoms with van der Waals surface area (Å²) in [4.78, 5) is 0. The highest BCUT2D eigenvalue weighted by atomic mass is 13.6. The van der Waals surface area contributed by atoms with Crippen LogP contribution in [0.4, 0.5) is 0 Å². The second-order valence-corrected chi connectivity index (χ2v) is 4.35. The standard InChI is InChI=1S/C36H4/c1-3-5-7-9-11-13-15-17-19-21-23-25-27-29-31-33-35-36-34-32-30-28-26-24-22-20-18-16-14-12-10-8-6-4-2/h1-2H2/q-2. The van der Waals surface area contributed by atoms with E-state index < -0.39 is 0 Å². The zero-order chi connectivity index (χ0) is 26.0. The van der Waals surface area contributed by atoms with Crippen molar-refractivity contribution < 1.29 is 0 Å². The maximum Gasteiger partial charge on any atom is 0 e. The molecule has 0 aliphatic carbocycles. The van der Waals surface area contributed by atoms with Gasteiger partial charge >= 0.3 is 0 Å². The Balaban J connectivity index is 4.50. The monoisotopic (exact) mass is 436 g/mol. The highest BCUT2D eigenvalue weighted by Crippen LogP contribution is 1.60. The predicted molar refractivity (Wildman–Crippen MR) is 143 cm³/mol. The second kappa shape index (κ2) is 27.3. The van der Waals surface area contributed by atoms with E-state index in [-0.39, 0.29) is 0 Å². The minimum Gasteiger partial charge on any atom is -0.284 e. The highest BCUT2D eigenvalue weighted by molar-refractivity contribution is 5.49. The van der Waals surface area contributed by atoms with Crippen LogP contribution < -0.4 is 0 Å². The Kier molecular flexibility index (Phi) is 21.4. The first-order chi connectivity index (χ1) is 17.9. The van der Waals surface area contributed by atoms with Crippen molar-refractivity contribution in [3.63, 3.8) is 0 Å². The highest BCUT2D eigenvalue weighted by Gasteiger charge is 1.60. The molecule has 0 bridgehead atoms. The van der Waals surface area contributed by atoms with Crippen molar-refractivity contribution in [1.29, 1.82) is 0 Å². The first kappa shape index (κ1) is 28.3. The first-order valence-electron chi connectivity index (χ1n) is 8.96. The molecule has 36 heavy (non-hydrogen) atoms. The van der Waals surface area contributed by atoms with E-state index in [0.29, 0.717) is 0 Å². The lowest BCUT2D eigenvalue weighted by atomic mass is 10.4. The largest absolute Gasteiger partial charge is 0.284 e. The maximum atomic E-state index is 3.31. The summed E-state index contributed by atoms with van der Waals surface area (Å²) in [5, 5.41) is 0. The fourth-order valence-corrected chi connectivity index (χ4v) is 1.03. The second-order valence-electron chi connectivity index (χ2n) is 4.35. The Morgan fingerprint density at radius 1 is 0.139 bits per heavy atom. The van der Waals surface area contributed by atoms with E-state index in [0.717, 1.165) is 0 Å². The van der Waals surface area contributed by atoms with Gasteiger partial charge in [-0.05, 0) is 94.7 Å². The summed E-state index contributed by atoms with van der Waals surface area (Å²) in [6, 6.07) is 0. The van der Waals surface area contributed by atoms with Gasteiger partial charge in [0.1, 0.15) is 0 Å². The number of rotatable bonds is 0. The van der Waals surface area contributed by atoms with Crippen LogP contribution in [-0.2, 0) is 0 Å². The minimum atomic E-state index is 2.37. The summed E-state index contributed by atoms with van der Waals surface area (Å²) in [5.74, 6) is 84.4. The Bertz CT molecular complexity index is 1830. The SMILES string of the molecule is [CH2-]C#CC#CC#CC#CC#CC#CC#CC#CC#CC#CC#CC#CC#CC#CC#CC#CC#C[CH2-]. The van der Waals surface area contributed by atoms with E-state index in [1.54, 1.807) is 0 Å². The third kappa shape index (κ3) is 26.3. The molecule has 0 fully saturated rings. The molecule has 0 rings (SSSR count). The quantitative estimate of drug-likeness (QED) is 0.388. The van der Waals surface area contributed by atoms with Gasteiger partial charge in [-0.1, -0.05) is 0 Å². The molecular weight excluding hydrogens is 432 g/mol. The summed E-state index contributed by atoms with van der Waals surface area (Å²) in [6.45, 7) is 6.62. The average molecular weight is 436 g/mol. The molecule has 0 radical (unpaired) electrons. The van der Waals surface area contributed by atoms with Crippen molar-refractivity contribution in [1.82, 2.24) is 0 Å². The van der Waals surface area contributed by atoms with Crippen LogP contribution in [0.3, 0.4) is 0 Å². The van der Waals surface area contributed by atoms with Crippen LogP contribution >= 0.6 is 0 Å². The lowest BCUT2D eigenvalue weighted by molar-refractivity contribution is 2.31. The van der Waals surface area contributed by atoms with Gasteiger partial charge in [-0.2, -0.15) is 13.8 Å². The molecule has 0 unspecified atom stereocenters. The van der Waals surface area contributed by atoms with E-state index in [1.807, 2.05) is 0 Å². The fraction of sp³-hybridized carbons (Fsp3) is 0. The summed E-state index contributed by atoms with van der Waals surface area (Å²) >= 11 is 0. The molecule has 0 saturated carbocycles. The van der Waals surface area contributed by atoms with Crippen LogP contribution in [0.2, 0.25) is 0 Å². The van der Waals surface area contributed by atoms with E-state index in [2.05, 4.69) is 215 Å². The summed E-state index contributed by atoms with van der Waals surface area (Å²) in [7, 11) is 0. The van der Waals surface area contributed by atoms with Crippen molar-refractivity contribution in [3.8, 4) is 201 Å². The molecule has 0 heterocycles. The van der Waals surface area contributed by atoms with Gasteiger partial charge in [0.05, 0.1) is 0 Å². The average Bonchev–Trinajstić information content (AvgIpc) is 2.89. The van der Waals surface area contributed by atoms with Crippen LogP contribution in [0.25, 0.3) is 0 Å². The molecule has 0 aromatic carbocycles. The van der Waals surface area contributed by atoms with Gasteiger partial charge in [0.25, 0.3) is 0 Å². The smallest absolute Gasteiger partial charge is 0 e. The summed E-state index contributed by atoms with van der Waals surface area (Å²) in [5.41, 5.74) is 0. The van der Waals surface area contributed by atoms with E-state index in [1.165, 1.54) is 0 Å². The Morgan fingerprint density at radius 3 is 0.306 bits per heavy atom. The van der Waals surface area contributed by atoms with Gasteiger partial charge in [-0.25, -0.2) is 11.8 Å². The molecule has 0 spiro atoms. The molecule has 0 amide bonds. The van der Waals surface area contributed by atoms with Crippen molar-refractivity contribution in [2.24, 2.45) is 0 Å². The molecule has 0 aliphatic heterocycles. The fourth-order valence-electron chi connectivity index (χ4n) is 1.03. The molecule has 0 nitrogen and oxygen atoms in total. The molecule has 150 valence electrons. The van der Waals surface area contributed by atoms with Crippen molar-refractivity contribution in [2.45, 2.75) is 0 Å². The third-order valence-corrected chi connectivity index (χ3v) is 2.11. The van der Waals surface area contributed by atoms with E-state index >= 15 is 0 Å². The molecule has 0 saturated heterocycles. The Hall–Kier alpha value is -7.74. The summed E-state index contributed by atoms with van der Waals surface area (Å²) < 4.78 is 0. The molecule has 0 aromatic heterocycles. The van der Waals surface area contributed by atoms with Crippen molar-refractivity contribution >= 4 is 0 Å². The van der Waals surface area contributed by atoms with Gasteiger partial charge in [0.15, 0.2) is 0 Å². The Labute approximate surface area is 214 Å². The van der Waals surface area contributed by atoms with Crippen LogP contribution in [0.15, 0.2) is 0 Å². The van der Waals surface area contributed by atoms with Crippen LogP contribution in [0.1, 0.15) is 0 Å². The normalized spacial score (nSPS) is 3.89. The zero-order valence-electron chi connectivity index (χ0n) is 18.4. The molecule has 0 heteroatoms. The molecule has 0 atom stereocenters. The van der Waals surface area contributed by atoms with Crippen LogP contribution in [0, 0.1) is 215 Å². The van der Waals surface area contributed by atoms with Crippen molar-refractivity contribution in [3.05, 3.63) is 13.8 Å². The zero-order valence-corrected chi connectivity index (χ0v) is 18.4. The van der Waals surface area contributed by atoms with Gasteiger partial charge in [-0.3, -0.25) is 11.8 Å². The Morgan fingerprint density at radius 2 is 0.222 bits per heavy atom. The topological polar surface area (TPSA) is 0 Å². The molecule has 0 aliphatic rings. The van der Waals surface area contributed by atoms with Gasteiger partial charge < -0.3 is 0 Å². The van der Waals surface area contributed by atoms with Crippen LogP contribution in [-0.4, -0.2) is 0 Å². The number of hydrogen-bond acceptors (Lipinski definition) is 0. The minimum absolute atomic E-state index is 2.37. The van der Waals surface area contributed by atoms with E-state index in [4.69, 9.17) is 0 Å². The van der Waals surface area contributed by atoms with Gasteiger partial charge in [0.2, 0.25) is 0 Å². The third-order valence-electron chi connectivity index (χ3n) is 2.11. The predicted octanol–water partition coefficient (Wildman–Crippen LogP) is 0.712. The molecule has 0 N–H and O–H groups in total. The molecule has 0 aromatic rings. The van der Waals surface area contributed by atoms with E-state index in [9.17, 15) is 0 Å². The van der Waals surface area contributed by atoms with Gasteiger partial charge in [-0.15, -0.1) is 11.8 Å². The summed E-state index contributed by atoms with van der Waals surface area (Å²) in [6.07, 6.45) is 0. The van der Waals surface area contributed by atoms with Gasteiger partial charge in [0, 0.05) is 71.0 Å². The lowest BCUT2D eigenvalue weighted by Crippen LogP contribution is -1.57.